The van der Waals surface area contributed by atoms with Crippen molar-refractivity contribution >= 4 is 11.6 Å². The van der Waals surface area contributed by atoms with Gasteiger partial charge in [0.1, 0.15) is 0 Å². The minimum atomic E-state index is -0.292. The van der Waals surface area contributed by atoms with E-state index in [2.05, 4.69) is 26.1 Å². The molecule has 0 aliphatic rings. The van der Waals surface area contributed by atoms with Crippen molar-refractivity contribution in [3.05, 3.63) is 34.9 Å². The van der Waals surface area contributed by atoms with Gasteiger partial charge in [-0.1, -0.05) is 43.6 Å². The number of benzene rings is 1. The molecule has 0 radical (unpaired) electrons. The summed E-state index contributed by atoms with van der Waals surface area (Å²) in [6.07, 6.45) is 0.530. The van der Waals surface area contributed by atoms with Crippen LogP contribution in [0.3, 0.4) is 0 Å². The van der Waals surface area contributed by atoms with Crippen LogP contribution in [0.4, 0.5) is 0 Å². The van der Waals surface area contributed by atoms with E-state index in [1.165, 1.54) is 0 Å². The van der Waals surface area contributed by atoms with Gasteiger partial charge in [0, 0.05) is 17.6 Å². The van der Waals surface area contributed by atoms with Crippen LogP contribution in [0.1, 0.15) is 38.8 Å². The average Bonchev–Trinajstić information content (AvgIpc) is 2.25. The lowest BCUT2D eigenvalue weighted by molar-refractivity contribution is 0.143. The van der Waals surface area contributed by atoms with Crippen LogP contribution in [0.15, 0.2) is 24.3 Å². The maximum Gasteiger partial charge on any atom is 0.0667 e. The van der Waals surface area contributed by atoms with Gasteiger partial charge in [-0.3, -0.25) is 0 Å². The van der Waals surface area contributed by atoms with E-state index < -0.39 is 0 Å². The van der Waals surface area contributed by atoms with Crippen molar-refractivity contribution in [2.45, 2.75) is 39.3 Å². The molecule has 1 aromatic carbocycles. The lowest BCUT2D eigenvalue weighted by Crippen LogP contribution is -2.30. The molecule has 0 aliphatic heterocycles. The lowest BCUT2D eigenvalue weighted by Gasteiger charge is -2.19. The summed E-state index contributed by atoms with van der Waals surface area (Å²) in [6, 6.07) is 7.95. The summed E-state index contributed by atoms with van der Waals surface area (Å²) in [5, 5.41) is 13.9. The van der Waals surface area contributed by atoms with Crippen LogP contribution in [-0.2, 0) is 0 Å². The fourth-order valence-corrected chi connectivity index (χ4v) is 2.18. The first kappa shape index (κ1) is 14.5. The summed E-state index contributed by atoms with van der Waals surface area (Å²) in [4.78, 5) is 0. The second-order valence-corrected chi connectivity index (χ2v) is 5.34. The Morgan fingerprint density at radius 2 is 1.88 bits per heavy atom. The normalized spacial score (nSPS) is 14.9. The molecule has 1 rings (SSSR count). The molecule has 0 aliphatic carbocycles. The van der Waals surface area contributed by atoms with Gasteiger partial charge in [-0.2, -0.15) is 0 Å². The van der Waals surface area contributed by atoms with Crippen LogP contribution < -0.4 is 5.32 Å². The van der Waals surface area contributed by atoms with Gasteiger partial charge in [-0.05, 0) is 30.9 Å². The van der Waals surface area contributed by atoms with Crippen molar-refractivity contribution in [3.63, 3.8) is 0 Å². The SMILES string of the molecule is CC(C)CC(O)CNC(C)c1ccccc1Cl. The van der Waals surface area contributed by atoms with Crippen molar-refractivity contribution < 1.29 is 5.11 Å². The first-order valence-corrected chi connectivity index (χ1v) is 6.54. The third-order valence-corrected chi connectivity index (χ3v) is 3.12. The van der Waals surface area contributed by atoms with Crippen molar-refractivity contribution in [2.75, 3.05) is 6.54 Å². The molecule has 2 atom stereocenters. The van der Waals surface area contributed by atoms with Gasteiger partial charge in [0.15, 0.2) is 0 Å². The molecule has 0 saturated heterocycles. The lowest BCUT2D eigenvalue weighted by atomic mass is 10.0. The maximum atomic E-state index is 9.79. The fourth-order valence-electron chi connectivity index (χ4n) is 1.88. The summed E-state index contributed by atoms with van der Waals surface area (Å²) in [6.45, 7) is 6.88. The largest absolute Gasteiger partial charge is 0.392 e. The molecule has 1 aromatic rings. The monoisotopic (exact) mass is 255 g/mol. The zero-order valence-corrected chi connectivity index (χ0v) is 11.5. The highest BCUT2D eigenvalue weighted by Gasteiger charge is 2.11. The van der Waals surface area contributed by atoms with Crippen molar-refractivity contribution in [3.8, 4) is 0 Å². The number of hydrogen-bond donors (Lipinski definition) is 2. The van der Waals surface area contributed by atoms with E-state index in [0.717, 1.165) is 17.0 Å². The number of hydrogen-bond acceptors (Lipinski definition) is 2. The van der Waals surface area contributed by atoms with E-state index in [1.807, 2.05) is 24.3 Å². The average molecular weight is 256 g/mol. The maximum absolute atomic E-state index is 9.79. The topological polar surface area (TPSA) is 32.3 Å². The van der Waals surface area contributed by atoms with E-state index in [9.17, 15) is 5.11 Å². The summed E-state index contributed by atoms with van der Waals surface area (Å²) in [5.41, 5.74) is 1.07. The van der Waals surface area contributed by atoms with Gasteiger partial charge in [0.25, 0.3) is 0 Å². The molecular weight excluding hydrogens is 234 g/mol. The van der Waals surface area contributed by atoms with Crippen LogP contribution in [0.25, 0.3) is 0 Å². The molecule has 3 heteroatoms. The fraction of sp³-hybridized carbons (Fsp3) is 0.571. The van der Waals surface area contributed by atoms with E-state index in [1.54, 1.807) is 0 Å². The molecular formula is C14H22ClNO. The molecule has 0 fully saturated rings. The number of nitrogens with one attached hydrogen (secondary N) is 1. The number of aliphatic hydroxyl groups is 1. The first-order chi connectivity index (χ1) is 8.00. The van der Waals surface area contributed by atoms with E-state index >= 15 is 0 Å². The third-order valence-electron chi connectivity index (χ3n) is 2.77. The highest BCUT2D eigenvalue weighted by molar-refractivity contribution is 6.31. The van der Waals surface area contributed by atoms with Crippen molar-refractivity contribution in [1.29, 1.82) is 0 Å². The van der Waals surface area contributed by atoms with Gasteiger partial charge >= 0.3 is 0 Å². The summed E-state index contributed by atoms with van der Waals surface area (Å²) in [7, 11) is 0. The molecule has 0 heterocycles. The van der Waals surface area contributed by atoms with E-state index in [4.69, 9.17) is 11.6 Å². The van der Waals surface area contributed by atoms with E-state index in [0.29, 0.717) is 12.5 Å². The predicted octanol–water partition coefficient (Wildman–Crippen LogP) is 3.40. The summed E-state index contributed by atoms with van der Waals surface area (Å²) >= 11 is 6.12. The Hall–Kier alpha value is -0.570. The number of rotatable bonds is 6. The van der Waals surface area contributed by atoms with Gasteiger partial charge < -0.3 is 10.4 Å². The van der Waals surface area contributed by atoms with Crippen molar-refractivity contribution in [1.82, 2.24) is 5.32 Å². The van der Waals surface area contributed by atoms with Gasteiger partial charge in [-0.25, -0.2) is 0 Å². The molecule has 2 unspecified atom stereocenters. The summed E-state index contributed by atoms with van der Waals surface area (Å²) < 4.78 is 0. The predicted molar refractivity (Wildman–Crippen MR) is 73.3 cm³/mol. The molecule has 0 aromatic heterocycles. The summed E-state index contributed by atoms with van der Waals surface area (Å²) in [5.74, 6) is 0.516. The Morgan fingerprint density at radius 1 is 1.24 bits per heavy atom. The Morgan fingerprint density at radius 3 is 2.47 bits per heavy atom. The van der Waals surface area contributed by atoms with Crippen LogP contribution in [0, 0.1) is 5.92 Å². The van der Waals surface area contributed by atoms with Crippen LogP contribution >= 0.6 is 11.6 Å². The Kier molecular flexibility index (Phi) is 5.96. The minimum absolute atomic E-state index is 0.158. The Labute approximate surface area is 109 Å². The zero-order valence-electron chi connectivity index (χ0n) is 10.8. The number of aliphatic hydroxyl groups excluding tert-OH is 1. The first-order valence-electron chi connectivity index (χ1n) is 6.16. The molecule has 96 valence electrons. The standard InChI is InChI=1S/C14H22ClNO/c1-10(2)8-12(17)9-16-11(3)13-6-4-5-7-14(13)15/h4-7,10-12,16-17H,8-9H2,1-3H3. The van der Waals surface area contributed by atoms with Gasteiger partial charge in [0.05, 0.1) is 6.10 Å². The molecule has 0 bridgehead atoms. The Balaban J connectivity index is 2.45. The molecule has 0 saturated carbocycles. The molecule has 0 amide bonds. The van der Waals surface area contributed by atoms with Crippen molar-refractivity contribution in [2.24, 2.45) is 5.92 Å². The smallest absolute Gasteiger partial charge is 0.0667 e. The highest BCUT2D eigenvalue weighted by Crippen LogP contribution is 2.22. The number of halogens is 1. The van der Waals surface area contributed by atoms with Crippen LogP contribution in [0.2, 0.25) is 5.02 Å². The molecule has 0 spiro atoms. The second-order valence-electron chi connectivity index (χ2n) is 4.93. The Bertz CT molecular complexity index is 341. The molecule has 2 nitrogen and oxygen atoms in total. The second kappa shape index (κ2) is 7.00. The van der Waals surface area contributed by atoms with Gasteiger partial charge in [-0.15, -0.1) is 0 Å². The molecule has 17 heavy (non-hydrogen) atoms. The third kappa shape index (κ3) is 5.07. The quantitative estimate of drug-likeness (QED) is 0.817. The highest BCUT2D eigenvalue weighted by atomic mass is 35.5. The van der Waals surface area contributed by atoms with E-state index in [-0.39, 0.29) is 12.1 Å². The van der Waals surface area contributed by atoms with Gasteiger partial charge in [0.2, 0.25) is 0 Å². The minimum Gasteiger partial charge on any atom is -0.392 e. The van der Waals surface area contributed by atoms with Crippen LogP contribution in [-0.4, -0.2) is 17.8 Å². The molecule has 2 N–H and O–H groups in total. The van der Waals surface area contributed by atoms with Crippen LogP contribution in [0.5, 0.6) is 0 Å². The zero-order chi connectivity index (χ0) is 12.8.